The average molecular weight is 576 g/mol. The normalized spacial score (nSPS) is 17.4. The molecule has 0 saturated carbocycles. The molecule has 18 heteroatoms. The molecule has 6 unspecified atom stereocenters. The lowest BCUT2D eigenvalue weighted by molar-refractivity contribution is -0.870. The fourth-order valence-electron chi connectivity index (χ4n) is 2.82. The first-order valence-corrected chi connectivity index (χ1v) is 13.3. The zero-order chi connectivity index (χ0) is 29.7. The van der Waals surface area contributed by atoms with Gasteiger partial charge in [0.15, 0.2) is 6.10 Å². The standard InChI is InChI=1S/C20H38N3O14P/c1-6-17(24)15(21(28)29)10-19(26)34-12-14(13-36-38(32,33)35-9-8-23(3,4)5)37-20(27)11-16(22(30)31)18(25)7-2/h14-18,24-25H,6-13H2,1-5H3. The Bertz CT molecular complexity index is 836. The number of nitro groups is 2. The molecule has 0 fully saturated rings. The molecule has 0 heterocycles. The zero-order valence-corrected chi connectivity index (χ0v) is 23.0. The molecule has 38 heavy (non-hydrogen) atoms. The Morgan fingerprint density at radius 1 is 0.895 bits per heavy atom. The summed E-state index contributed by atoms with van der Waals surface area (Å²) in [7, 11) is 0.474. The van der Waals surface area contributed by atoms with E-state index in [1.807, 2.05) is 0 Å². The van der Waals surface area contributed by atoms with E-state index in [2.05, 4.69) is 0 Å². The quantitative estimate of drug-likeness (QED) is 0.0598. The van der Waals surface area contributed by atoms with Crippen LogP contribution in [0.2, 0.25) is 0 Å². The lowest BCUT2D eigenvalue weighted by Gasteiger charge is -2.28. The van der Waals surface area contributed by atoms with E-state index in [0.29, 0.717) is 11.0 Å². The number of hydrogen-bond acceptors (Lipinski definition) is 14. The van der Waals surface area contributed by atoms with Crippen molar-refractivity contribution in [2.24, 2.45) is 0 Å². The number of nitrogens with zero attached hydrogens (tertiary/aromatic N) is 3. The summed E-state index contributed by atoms with van der Waals surface area (Å²) >= 11 is 0. The zero-order valence-electron chi connectivity index (χ0n) is 22.1. The average Bonchev–Trinajstić information content (AvgIpc) is 2.80. The predicted molar refractivity (Wildman–Crippen MR) is 127 cm³/mol. The van der Waals surface area contributed by atoms with Crippen LogP contribution >= 0.6 is 7.82 Å². The van der Waals surface area contributed by atoms with Crippen LogP contribution in [-0.4, -0.2) is 114 Å². The van der Waals surface area contributed by atoms with Gasteiger partial charge in [0.05, 0.1) is 27.7 Å². The van der Waals surface area contributed by atoms with Crippen LogP contribution in [0.1, 0.15) is 39.5 Å². The van der Waals surface area contributed by atoms with Crippen LogP contribution in [0.15, 0.2) is 0 Å². The van der Waals surface area contributed by atoms with E-state index in [0.717, 1.165) is 0 Å². The number of likely N-dealkylation sites (N-methyl/N-ethyl adjacent to an activating group) is 1. The Hall–Kier alpha value is -2.27. The van der Waals surface area contributed by atoms with Crippen LogP contribution in [0.3, 0.4) is 0 Å². The van der Waals surface area contributed by atoms with Gasteiger partial charge in [0.2, 0.25) is 12.1 Å². The minimum absolute atomic E-state index is 0.0128. The molecule has 0 aromatic rings. The molecule has 0 radical (unpaired) electrons. The van der Waals surface area contributed by atoms with Crippen LogP contribution < -0.4 is 4.89 Å². The summed E-state index contributed by atoms with van der Waals surface area (Å²) in [6, 6.07) is -3.38. The van der Waals surface area contributed by atoms with Crippen LogP contribution in [-0.2, 0) is 32.7 Å². The van der Waals surface area contributed by atoms with E-state index in [1.54, 1.807) is 21.1 Å². The van der Waals surface area contributed by atoms with Crippen molar-refractivity contribution < 1.29 is 62.1 Å². The van der Waals surface area contributed by atoms with Gasteiger partial charge in [0, 0.05) is 9.85 Å². The lowest BCUT2D eigenvalue weighted by Crippen LogP contribution is -2.39. The summed E-state index contributed by atoms with van der Waals surface area (Å²) in [5.74, 6) is -2.38. The minimum Gasteiger partial charge on any atom is -0.756 e. The van der Waals surface area contributed by atoms with Crippen LogP contribution in [0.5, 0.6) is 0 Å². The summed E-state index contributed by atoms with van der Waals surface area (Å²) in [6.45, 7) is 1.27. The van der Waals surface area contributed by atoms with E-state index >= 15 is 0 Å². The molecule has 17 nitrogen and oxygen atoms in total. The first kappa shape index (κ1) is 35.7. The molecular weight excluding hydrogens is 537 g/mol. The summed E-state index contributed by atoms with van der Waals surface area (Å²) < 4.78 is 31.8. The second-order valence-electron chi connectivity index (χ2n) is 9.45. The van der Waals surface area contributed by atoms with Gasteiger partial charge in [-0.1, -0.05) is 13.8 Å². The Balaban J connectivity index is 5.37. The Morgan fingerprint density at radius 3 is 1.79 bits per heavy atom. The summed E-state index contributed by atoms with van der Waals surface area (Å²) in [5, 5.41) is 41.8. The minimum atomic E-state index is -4.90. The van der Waals surface area contributed by atoms with Gasteiger partial charge in [-0.2, -0.15) is 0 Å². The second kappa shape index (κ2) is 16.6. The summed E-state index contributed by atoms with van der Waals surface area (Å²) in [5.41, 5.74) is 0. The molecule has 0 aliphatic carbocycles. The molecule has 0 aliphatic heterocycles. The lowest BCUT2D eigenvalue weighted by atomic mass is 10.1. The number of quaternary nitrogens is 1. The van der Waals surface area contributed by atoms with E-state index in [-0.39, 0.29) is 19.4 Å². The first-order chi connectivity index (χ1) is 17.4. The molecule has 0 aliphatic rings. The largest absolute Gasteiger partial charge is 0.756 e. The van der Waals surface area contributed by atoms with Crippen LogP contribution in [0.4, 0.5) is 0 Å². The molecule has 0 bridgehead atoms. The summed E-state index contributed by atoms with van der Waals surface area (Å²) in [6.07, 6.45) is -6.27. The molecule has 6 atom stereocenters. The van der Waals surface area contributed by atoms with E-state index in [9.17, 15) is 49.5 Å². The molecule has 0 spiro atoms. The third kappa shape index (κ3) is 15.2. The molecule has 2 N–H and O–H groups in total. The molecule has 0 rings (SSSR count). The number of rotatable bonds is 20. The van der Waals surface area contributed by atoms with Gasteiger partial charge in [0.1, 0.15) is 44.8 Å². The van der Waals surface area contributed by atoms with Crippen molar-refractivity contribution in [2.45, 2.75) is 69.9 Å². The Labute approximate surface area is 220 Å². The third-order valence-corrected chi connectivity index (χ3v) is 6.14. The molecular formula is C20H38N3O14P. The van der Waals surface area contributed by atoms with Crippen molar-refractivity contribution in [3.8, 4) is 0 Å². The second-order valence-corrected chi connectivity index (χ2v) is 10.9. The number of aliphatic hydroxyl groups is 2. The SMILES string of the molecule is CCC(O)C(CC(=O)OCC(COP(=O)([O-])OCC[N+](C)(C)C)OC(=O)CC(C(O)CC)[N+](=O)[O-])[N+](=O)[O-]. The van der Waals surface area contributed by atoms with Crippen LogP contribution in [0.25, 0.3) is 0 Å². The fourth-order valence-corrected chi connectivity index (χ4v) is 3.55. The molecule has 0 aromatic carbocycles. The van der Waals surface area contributed by atoms with E-state index < -0.39 is 86.1 Å². The number of carbonyl (C=O) groups is 2. The van der Waals surface area contributed by atoms with Gasteiger partial charge in [0.25, 0.3) is 7.82 Å². The number of phosphoric acid groups is 1. The molecule has 0 aromatic heterocycles. The molecule has 0 saturated heterocycles. The monoisotopic (exact) mass is 575 g/mol. The van der Waals surface area contributed by atoms with Crippen LogP contribution in [0, 0.1) is 20.2 Å². The van der Waals surface area contributed by atoms with Gasteiger partial charge in [-0.05, 0) is 12.8 Å². The van der Waals surface area contributed by atoms with Gasteiger partial charge in [-0.25, -0.2) is 0 Å². The van der Waals surface area contributed by atoms with Crippen molar-refractivity contribution >= 4 is 19.8 Å². The summed E-state index contributed by atoms with van der Waals surface area (Å²) in [4.78, 5) is 57.0. The highest BCUT2D eigenvalue weighted by Crippen LogP contribution is 2.38. The number of hydrogen-bond donors (Lipinski definition) is 2. The highest BCUT2D eigenvalue weighted by Gasteiger charge is 2.35. The van der Waals surface area contributed by atoms with Crippen molar-refractivity contribution in [2.75, 3.05) is 47.5 Å². The Kier molecular flexibility index (Phi) is 15.6. The van der Waals surface area contributed by atoms with Crippen molar-refractivity contribution in [1.82, 2.24) is 0 Å². The Morgan fingerprint density at radius 2 is 1.37 bits per heavy atom. The number of ether oxygens (including phenoxy) is 2. The van der Waals surface area contributed by atoms with E-state index in [4.69, 9.17) is 18.5 Å². The fraction of sp³-hybridized carbons (Fsp3) is 0.900. The van der Waals surface area contributed by atoms with E-state index in [1.165, 1.54) is 13.8 Å². The van der Waals surface area contributed by atoms with Gasteiger partial charge in [-0.3, -0.25) is 34.4 Å². The predicted octanol–water partition coefficient (Wildman–Crippen LogP) is -0.738. The highest BCUT2D eigenvalue weighted by molar-refractivity contribution is 7.45. The molecule has 222 valence electrons. The third-order valence-electron chi connectivity index (χ3n) is 5.18. The highest BCUT2D eigenvalue weighted by atomic mass is 31.2. The maximum Gasteiger partial charge on any atom is 0.313 e. The topological polar surface area (TPSA) is 238 Å². The first-order valence-electron chi connectivity index (χ1n) is 11.8. The number of esters is 2. The molecule has 0 amide bonds. The van der Waals surface area contributed by atoms with Gasteiger partial charge in [-0.15, -0.1) is 0 Å². The van der Waals surface area contributed by atoms with Gasteiger partial charge < -0.3 is 38.1 Å². The van der Waals surface area contributed by atoms with Crippen molar-refractivity contribution in [3.05, 3.63) is 20.2 Å². The smallest absolute Gasteiger partial charge is 0.313 e. The van der Waals surface area contributed by atoms with Crippen molar-refractivity contribution in [1.29, 1.82) is 0 Å². The van der Waals surface area contributed by atoms with Crippen molar-refractivity contribution in [3.63, 3.8) is 0 Å². The maximum atomic E-state index is 12.3. The van der Waals surface area contributed by atoms with Gasteiger partial charge >= 0.3 is 11.9 Å². The maximum absolute atomic E-state index is 12.3. The number of carbonyl (C=O) groups excluding carboxylic acids is 2. The number of phosphoric ester groups is 1. The number of aliphatic hydroxyl groups excluding tert-OH is 2.